The third-order valence-corrected chi connectivity index (χ3v) is 8.43. The minimum atomic E-state index is -3.92. The topological polar surface area (TPSA) is 169 Å². The standard InChI is InChI=1S/C25H23N5O7S2/c1-13-14(2)38-25-22(13)24(33)26-20(27-25)12-21(31)28-29-23(32)15-3-5-16(6-4-15)30-39(34,35)17-7-8-18-19(11-17)37-10-9-36-18/h3-8,11,30H,9-10,12H2,1-2H3,(H,28,31)(H,29,32)(H,26,27,33). The Morgan fingerprint density at radius 1 is 1.03 bits per heavy atom. The minimum absolute atomic E-state index is 0.00406. The average Bonchev–Trinajstić information content (AvgIpc) is 3.20. The Labute approximate surface area is 226 Å². The second kappa shape index (κ2) is 10.4. The fraction of sp³-hybridized carbons (Fsp3) is 0.200. The van der Waals surface area contributed by atoms with Gasteiger partial charge in [-0.25, -0.2) is 13.4 Å². The fourth-order valence-corrected chi connectivity index (χ4v) is 5.99. The number of nitrogens with zero attached hydrogens (tertiary/aromatic N) is 1. The van der Waals surface area contributed by atoms with Gasteiger partial charge in [-0.2, -0.15) is 0 Å². The Hall–Kier alpha value is -4.43. The molecule has 39 heavy (non-hydrogen) atoms. The van der Waals surface area contributed by atoms with Crippen molar-refractivity contribution < 1.29 is 27.5 Å². The second-order valence-electron chi connectivity index (χ2n) is 8.64. The molecule has 4 N–H and O–H groups in total. The van der Waals surface area contributed by atoms with Crippen LogP contribution in [0.5, 0.6) is 11.5 Å². The van der Waals surface area contributed by atoms with Gasteiger partial charge in [-0.3, -0.25) is 30.0 Å². The highest BCUT2D eigenvalue weighted by Gasteiger charge is 2.20. The number of hydrogen-bond acceptors (Lipinski definition) is 9. The zero-order chi connectivity index (χ0) is 27.7. The van der Waals surface area contributed by atoms with Gasteiger partial charge in [-0.15, -0.1) is 11.3 Å². The largest absolute Gasteiger partial charge is 0.486 e. The number of hydrogen-bond donors (Lipinski definition) is 4. The molecule has 0 spiro atoms. The summed E-state index contributed by atoms with van der Waals surface area (Å²) < 4.78 is 38.9. The number of hydrazine groups is 1. The molecule has 0 unspecified atom stereocenters. The van der Waals surface area contributed by atoms with E-state index in [-0.39, 0.29) is 34.0 Å². The van der Waals surface area contributed by atoms with E-state index >= 15 is 0 Å². The molecule has 3 heterocycles. The molecule has 0 aliphatic carbocycles. The molecule has 0 fully saturated rings. The number of ether oxygens (including phenoxy) is 2. The van der Waals surface area contributed by atoms with E-state index < -0.39 is 21.8 Å². The van der Waals surface area contributed by atoms with Gasteiger partial charge in [0.25, 0.3) is 21.5 Å². The molecule has 2 aromatic heterocycles. The lowest BCUT2D eigenvalue weighted by molar-refractivity contribution is -0.121. The number of carbonyl (C=O) groups is 2. The van der Waals surface area contributed by atoms with Crippen molar-refractivity contribution in [2.75, 3.05) is 17.9 Å². The lowest BCUT2D eigenvalue weighted by Gasteiger charge is -2.19. The van der Waals surface area contributed by atoms with E-state index in [1.54, 1.807) is 0 Å². The van der Waals surface area contributed by atoms with Crippen LogP contribution < -0.4 is 30.6 Å². The molecule has 0 bridgehead atoms. The predicted molar refractivity (Wildman–Crippen MR) is 144 cm³/mol. The van der Waals surface area contributed by atoms with Crippen molar-refractivity contribution in [3.63, 3.8) is 0 Å². The van der Waals surface area contributed by atoms with Crippen LogP contribution in [0.2, 0.25) is 0 Å². The molecule has 5 rings (SSSR count). The van der Waals surface area contributed by atoms with Gasteiger partial charge in [0.15, 0.2) is 11.5 Å². The van der Waals surface area contributed by atoms with E-state index in [1.165, 1.54) is 53.8 Å². The summed E-state index contributed by atoms with van der Waals surface area (Å²) in [6, 6.07) is 9.96. The van der Waals surface area contributed by atoms with Crippen molar-refractivity contribution in [2.24, 2.45) is 0 Å². The first-order chi connectivity index (χ1) is 18.6. The summed E-state index contributed by atoms with van der Waals surface area (Å²) in [5, 5.41) is 0.506. The molecule has 1 aliphatic rings. The average molecular weight is 570 g/mol. The minimum Gasteiger partial charge on any atom is -0.486 e. The predicted octanol–water partition coefficient (Wildman–Crippen LogP) is 2.18. The van der Waals surface area contributed by atoms with E-state index in [4.69, 9.17) is 9.47 Å². The number of aromatic amines is 1. The highest BCUT2D eigenvalue weighted by molar-refractivity contribution is 7.92. The van der Waals surface area contributed by atoms with Crippen LogP contribution in [0.25, 0.3) is 10.2 Å². The Balaban J connectivity index is 1.18. The van der Waals surface area contributed by atoms with Gasteiger partial charge in [0, 0.05) is 22.2 Å². The Bertz CT molecular complexity index is 1760. The third-order valence-electron chi connectivity index (χ3n) is 5.95. The van der Waals surface area contributed by atoms with Crippen LogP contribution in [-0.2, 0) is 21.2 Å². The van der Waals surface area contributed by atoms with Crippen molar-refractivity contribution in [3.05, 3.63) is 74.6 Å². The lowest BCUT2D eigenvalue weighted by atomic mass is 10.2. The number of carbonyl (C=O) groups excluding carboxylic acids is 2. The van der Waals surface area contributed by atoms with Gasteiger partial charge in [-0.1, -0.05) is 0 Å². The molecule has 202 valence electrons. The number of rotatable bonds is 6. The molecule has 1 aliphatic heterocycles. The quantitative estimate of drug-likeness (QED) is 0.256. The van der Waals surface area contributed by atoms with Gasteiger partial charge in [0.05, 0.1) is 16.7 Å². The number of aromatic nitrogens is 2. The number of fused-ring (bicyclic) bond motifs is 2. The Kier molecular flexibility index (Phi) is 6.97. The van der Waals surface area contributed by atoms with Crippen molar-refractivity contribution in [3.8, 4) is 11.5 Å². The summed E-state index contributed by atoms with van der Waals surface area (Å²) in [5.74, 6) is -0.209. The number of H-pyrrole nitrogens is 1. The Morgan fingerprint density at radius 2 is 1.74 bits per heavy atom. The molecule has 0 radical (unpaired) electrons. The molecule has 0 saturated heterocycles. The van der Waals surface area contributed by atoms with Gasteiger partial charge in [0.1, 0.15) is 23.9 Å². The number of anilines is 1. The molecule has 0 atom stereocenters. The van der Waals surface area contributed by atoms with E-state index in [0.29, 0.717) is 34.9 Å². The maximum Gasteiger partial charge on any atom is 0.269 e. The number of nitrogens with one attached hydrogen (secondary N) is 4. The normalized spacial score (nSPS) is 12.7. The number of amides is 2. The van der Waals surface area contributed by atoms with E-state index in [1.807, 2.05) is 13.8 Å². The maximum absolute atomic E-state index is 12.8. The molecule has 2 aromatic carbocycles. The van der Waals surface area contributed by atoms with Gasteiger partial charge in [0.2, 0.25) is 5.91 Å². The summed E-state index contributed by atoms with van der Waals surface area (Å²) in [6.45, 7) is 4.46. The lowest BCUT2D eigenvalue weighted by Crippen LogP contribution is -2.42. The molecule has 0 saturated carbocycles. The number of aryl methyl sites for hydroxylation is 2. The first-order valence-corrected chi connectivity index (χ1v) is 14.0. The Morgan fingerprint density at radius 3 is 2.49 bits per heavy atom. The molecular formula is C25H23N5O7S2. The number of thiophene rings is 1. The smallest absolute Gasteiger partial charge is 0.269 e. The van der Waals surface area contributed by atoms with Crippen LogP contribution in [-0.4, -0.2) is 43.4 Å². The van der Waals surface area contributed by atoms with Crippen LogP contribution in [0.3, 0.4) is 0 Å². The van der Waals surface area contributed by atoms with Crippen molar-refractivity contribution in [1.29, 1.82) is 0 Å². The van der Waals surface area contributed by atoms with Crippen molar-refractivity contribution >= 4 is 49.1 Å². The fourth-order valence-electron chi connectivity index (χ4n) is 3.87. The number of sulfonamides is 1. The summed E-state index contributed by atoms with van der Waals surface area (Å²) >= 11 is 1.37. The van der Waals surface area contributed by atoms with E-state index in [0.717, 1.165) is 10.4 Å². The summed E-state index contributed by atoms with van der Waals surface area (Å²) in [4.78, 5) is 45.6. The second-order valence-corrected chi connectivity index (χ2v) is 11.5. The van der Waals surface area contributed by atoms with Gasteiger partial charge in [-0.05, 0) is 55.8 Å². The maximum atomic E-state index is 12.8. The highest BCUT2D eigenvalue weighted by atomic mass is 32.2. The van der Waals surface area contributed by atoms with Crippen molar-refractivity contribution in [2.45, 2.75) is 25.2 Å². The zero-order valence-electron chi connectivity index (χ0n) is 20.8. The molecule has 12 nitrogen and oxygen atoms in total. The summed E-state index contributed by atoms with van der Waals surface area (Å²) in [5.41, 5.74) is 5.51. The first kappa shape index (κ1) is 26.2. The van der Waals surface area contributed by atoms with Crippen LogP contribution in [0.4, 0.5) is 5.69 Å². The number of benzene rings is 2. The molecular weight excluding hydrogens is 546 g/mol. The summed E-state index contributed by atoms with van der Waals surface area (Å²) in [7, 11) is -3.92. The van der Waals surface area contributed by atoms with Gasteiger partial charge >= 0.3 is 0 Å². The zero-order valence-corrected chi connectivity index (χ0v) is 22.4. The van der Waals surface area contributed by atoms with Crippen LogP contribution in [0.1, 0.15) is 26.6 Å². The van der Waals surface area contributed by atoms with Crippen LogP contribution in [0.15, 0.2) is 52.2 Å². The molecule has 2 amide bonds. The van der Waals surface area contributed by atoms with E-state index in [9.17, 15) is 22.8 Å². The third kappa shape index (κ3) is 5.56. The SMILES string of the molecule is Cc1sc2nc(CC(=O)NNC(=O)c3ccc(NS(=O)(=O)c4ccc5c(c4)OCCO5)cc3)[nH]c(=O)c2c1C. The molecule has 4 aromatic rings. The highest BCUT2D eigenvalue weighted by Crippen LogP contribution is 2.32. The van der Waals surface area contributed by atoms with Crippen LogP contribution in [0, 0.1) is 13.8 Å². The van der Waals surface area contributed by atoms with Gasteiger partial charge < -0.3 is 14.5 Å². The summed E-state index contributed by atoms with van der Waals surface area (Å²) in [6.07, 6.45) is -0.248. The van der Waals surface area contributed by atoms with Crippen molar-refractivity contribution in [1.82, 2.24) is 20.8 Å². The first-order valence-electron chi connectivity index (χ1n) is 11.7. The van der Waals surface area contributed by atoms with E-state index in [2.05, 4.69) is 25.5 Å². The monoisotopic (exact) mass is 569 g/mol. The van der Waals surface area contributed by atoms with Crippen LogP contribution >= 0.6 is 11.3 Å². The molecule has 14 heteroatoms.